The number of amides is 1. The number of nitrogens with zero attached hydrogens (tertiary/aromatic N) is 4. The summed E-state index contributed by atoms with van der Waals surface area (Å²) in [6.45, 7) is 6.05. The van der Waals surface area contributed by atoms with Crippen molar-refractivity contribution in [3.8, 4) is 0 Å². The van der Waals surface area contributed by atoms with Crippen molar-refractivity contribution in [3.63, 3.8) is 0 Å². The molecule has 0 saturated carbocycles. The fourth-order valence-corrected chi connectivity index (χ4v) is 3.79. The Bertz CT molecular complexity index is 943. The molecule has 1 aliphatic heterocycles. The lowest BCUT2D eigenvalue weighted by Gasteiger charge is -2.39. The van der Waals surface area contributed by atoms with Gasteiger partial charge >= 0.3 is 0 Å². The lowest BCUT2D eigenvalue weighted by atomic mass is 9.91. The van der Waals surface area contributed by atoms with Crippen LogP contribution in [-0.4, -0.2) is 20.7 Å². The van der Waals surface area contributed by atoms with Crippen molar-refractivity contribution in [2.24, 2.45) is 0 Å². The number of hydrogen-bond acceptors (Lipinski definition) is 3. The number of hydrogen-bond donors (Lipinski definition) is 0. The van der Waals surface area contributed by atoms with Gasteiger partial charge in [-0.1, -0.05) is 66.6 Å². The van der Waals surface area contributed by atoms with Gasteiger partial charge in [0, 0.05) is 6.42 Å². The Hall–Kier alpha value is -2.95. The van der Waals surface area contributed by atoms with Gasteiger partial charge in [0.2, 0.25) is 11.9 Å². The SMILES string of the molecule is CCC(=O)N1c2ncnn2[C@@H](c2ccc(C)cc2)C[C@H]1c1ccc(C)cc1. The third kappa shape index (κ3) is 3.14. The zero-order valence-corrected chi connectivity index (χ0v) is 16.0. The van der Waals surface area contributed by atoms with Crippen molar-refractivity contribution >= 4 is 11.9 Å². The number of aromatic nitrogens is 3. The maximum Gasteiger partial charge on any atom is 0.231 e. The Morgan fingerprint density at radius 1 is 0.963 bits per heavy atom. The fraction of sp³-hybridized carbons (Fsp3) is 0.318. The summed E-state index contributed by atoms with van der Waals surface area (Å²) in [6, 6.07) is 17.0. The van der Waals surface area contributed by atoms with Crippen LogP contribution in [0, 0.1) is 13.8 Å². The van der Waals surface area contributed by atoms with Crippen molar-refractivity contribution in [2.75, 3.05) is 4.90 Å². The smallest absolute Gasteiger partial charge is 0.231 e. The van der Waals surface area contributed by atoms with Crippen LogP contribution in [0.2, 0.25) is 0 Å². The summed E-state index contributed by atoms with van der Waals surface area (Å²) >= 11 is 0. The minimum absolute atomic E-state index is 0.0512. The van der Waals surface area contributed by atoms with E-state index in [2.05, 4.69) is 72.5 Å². The molecular weight excluding hydrogens is 336 g/mol. The number of rotatable bonds is 3. The molecule has 5 nitrogen and oxygen atoms in total. The predicted octanol–water partition coefficient (Wildman–Crippen LogP) is 4.37. The summed E-state index contributed by atoms with van der Waals surface area (Å²) in [7, 11) is 0. The molecule has 1 aromatic heterocycles. The average Bonchev–Trinajstić information content (AvgIpc) is 3.17. The topological polar surface area (TPSA) is 51.0 Å². The molecule has 0 bridgehead atoms. The van der Waals surface area contributed by atoms with Gasteiger partial charge in [-0.05, 0) is 31.4 Å². The van der Waals surface area contributed by atoms with Gasteiger partial charge in [0.25, 0.3) is 0 Å². The van der Waals surface area contributed by atoms with Crippen LogP contribution in [0.1, 0.15) is 54.1 Å². The van der Waals surface area contributed by atoms with Crippen molar-refractivity contribution in [3.05, 3.63) is 77.1 Å². The van der Waals surface area contributed by atoms with E-state index in [1.165, 1.54) is 16.7 Å². The van der Waals surface area contributed by atoms with E-state index < -0.39 is 0 Å². The summed E-state index contributed by atoms with van der Waals surface area (Å²) in [5.74, 6) is 0.696. The van der Waals surface area contributed by atoms with E-state index in [1.54, 1.807) is 6.33 Å². The van der Waals surface area contributed by atoms with Gasteiger partial charge in [-0.15, -0.1) is 0 Å². The van der Waals surface area contributed by atoms with Gasteiger partial charge in [0.05, 0.1) is 12.1 Å². The van der Waals surface area contributed by atoms with Crippen LogP contribution in [-0.2, 0) is 4.79 Å². The molecule has 0 unspecified atom stereocenters. The minimum Gasteiger partial charge on any atom is -0.274 e. The van der Waals surface area contributed by atoms with Crippen LogP contribution in [0.25, 0.3) is 0 Å². The van der Waals surface area contributed by atoms with Gasteiger partial charge in [-0.3, -0.25) is 9.69 Å². The molecule has 4 rings (SSSR count). The van der Waals surface area contributed by atoms with E-state index in [-0.39, 0.29) is 18.0 Å². The Kier molecular flexibility index (Phi) is 4.52. The molecule has 27 heavy (non-hydrogen) atoms. The Balaban J connectivity index is 1.83. The molecule has 138 valence electrons. The molecular formula is C22H24N4O. The second-order valence-electron chi connectivity index (χ2n) is 7.21. The highest BCUT2D eigenvalue weighted by Gasteiger charge is 2.38. The van der Waals surface area contributed by atoms with Crippen LogP contribution in [0.5, 0.6) is 0 Å². The molecule has 0 fully saturated rings. The maximum absolute atomic E-state index is 12.8. The molecule has 3 aromatic rings. The van der Waals surface area contributed by atoms with Crippen molar-refractivity contribution in [2.45, 2.75) is 45.7 Å². The molecule has 1 amide bonds. The largest absolute Gasteiger partial charge is 0.274 e. The average molecular weight is 360 g/mol. The first kappa shape index (κ1) is 17.5. The molecule has 2 heterocycles. The van der Waals surface area contributed by atoms with E-state index in [9.17, 15) is 4.79 Å². The van der Waals surface area contributed by atoms with Crippen molar-refractivity contribution in [1.29, 1.82) is 0 Å². The van der Waals surface area contributed by atoms with Crippen LogP contribution >= 0.6 is 0 Å². The zero-order valence-electron chi connectivity index (χ0n) is 16.0. The predicted molar refractivity (Wildman–Crippen MR) is 106 cm³/mol. The first-order chi connectivity index (χ1) is 13.1. The molecule has 1 aliphatic rings. The monoisotopic (exact) mass is 360 g/mol. The lowest BCUT2D eigenvalue weighted by molar-refractivity contribution is -0.119. The molecule has 5 heteroatoms. The summed E-state index contributed by atoms with van der Waals surface area (Å²) in [5, 5.41) is 4.46. The number of anilines is 1. The zero-order chi connectivity index (χ0) is 19.0. The second-order valence-corrected chi connectivity index (χ2v) is 7.21. The number of benzene rings is 2. The van der Waals surface area contributed by atoms with E-state index in [0.29, 0.717) is 12.4 Å². The van der Waals surface area contributed by atoms with Gasteiger partial charge in [0.15, 0.2) is 0 Å². The molecule has 2 aromatic carbocycles. The van der Waals surface area contributed by atoms with E-state index in [0.717, 1.165) is 12.0 Å². The summed E-state index contributed by atoms with van der Waals surface area (Å²) in [6.07, 6.45) is 2.75. The normalized spacial score (nSPS) is 19.0. The van der Waals surface area contributed by atoms with E-state index in [4.69, 9.17) is 0 Å². The summed E-state index contributed by atoms with van der Waals surface area (Å²) in [4.78, 5) is 19.1. The van der Waals surface area contributed by atoms with Crippen LogP contribution in [0.15, 0.2) is 54.9 Å². The third-order valence-electron chi connectivity index (χ3n) is 5.32. The minimum atomic E-state index is -0.0546. The number of carbonyl (C=O) groups excluding carboxylic acids is 1. The Labute approximate surface area is 159 Å². The van der Waals surface area contributed by atoms with Crippen LogP contribution < -0.4 is 4.90 Å². The fourth-order valence-electron chi connectivity index (χ4n) is 3.79. The van der Waals surface area contributed by atoms with Crippen molar-refractivity contribution < 1.29 is 4.79 Å². The lowest BCUT2D eigenvalue weighted by Crippen LogP contribution is -2.42. The number of carbonyl (C=O) groups is 1. The summed E-state index contributed by atoms with van der Waals surface area (Å²) < 4.78 is 1.89. The quantitative estimate of drug-likeness (QED) is 0.697. The third-order valence-corrected chi connectivity index (χ3v) is 5.32. The first-order valence-corrected chi connectivity index (χ1v) is 9.43. The van der Waals surface area contributed by atoms with E-state index >= 15 is 0 Å². The van der Waals surface area contributed by atoms with Gasteiger partial charge in [-0.25, -0.2) is 4.68 Å². The molecule has 0 aliphatic carbocycles. The molecule has 0 spiro atoms. The first-order valence-electron chi connectivity index (χ1n) is 9.43. The highest BCUT2D eigenvalue weighted by Crippen LogP contribution is 2.42. The number of aryl methyl sites for hydroxylation is 2. The molecule has 0 saturated heterocycles. The maximum atomic E-state index is 12.8. The Morgan fingerprint density at radius 2 is 1.52 bits per heavy atom. The molecule has 0 N–H and O–H groups in total. The van der Waals surface area contributed by atoms with Gasteiger partial charge < -0.3 is 0 Å². The number of fused-ring (bicyclic) bond motifs is 1. The second kappa shape index (κ2) is 6.99. The highest BCUT2D eigenvalue weighted by molar-refractivity contribution is 5.92. The van der Waals surface area contributed by atoms with E-state index in [1.807, 2.05) is 16.5 Å². The Morgan fingerprint density at radius 3 is 2.07 bits per heavy atom. The molecule has 0 radical (unpaired) electrons. The van der Waals surface area contributed by atoms with Crippen molar-refractivity contribution in [1.82, 2.24) is 14.8 Å². The standard InChI is InChI=1S/C22H24N4O/c1-4-21(27)25-19(17-9-5-15(2)6-10-17)13-20(26-22(25)23-14-24-26)18-11-7-16(3)8-12-18/h5-12,14,19-20H,4,13H2,1-3H3/t19-,20+/m0/s1. The highest BCUT2D eigenvalue weighted by atomic mass is 16.2. The summed E-state index contributed by atoms with van der Waals surface area (Å²) in [5.41, 5.74) is 4.76. The van der Waals surface area contributed by atoms with Crippen LogP contribution in [0.3, 0.4) is 0 Å². The van der Waals surface area contributed by atoms with Gasteiger partial charge in [-0.2, -0.15) is 10.1 Å². The van der Waals surface area contributed by atoms with Crippen LogP contribution in [0.4, 0.5) is 5.95 Å². The molecule has 2 atom stereocenters. The van der Waals surface area contributed by atoms with Gasteiger partial charge in [0.1, 0.15) is 6.33 Å².